The number of fused-ring (bicyclic) bond motifs is 1. The lowest BCUT2D eigenvalue weighted by Crippen LogP contribution is -2.24. The summed E-state index contributed by atoms with van der Waals surface area (Å²) in [5.41, 5.74) is -0.0759. The van der Waals surface area contributed by atoms with Gasteiger partial charge in [-0.3, -0.25) is 14.9 Å². The highest BCUT2D eigenvalue weighted by Crippen LogP contribution is 2.23. The largest absolute Gasteiger partial charge is 0.497 e. The summed E-state index contributed by atoms with van der Waals surface area (Å²) in [5.74, 6) is -0.177. The number of rotatable bonds is 6. The number of ether oxygens (including phenoxy) is 2. The fraction of sp³-hybridized carbons (Fsp3) is 0.125. The van der Waals surface area contributed by atoms with Gasteiger partial charge >= 0.3 is 5.97 Å². The fourth-order valence-electron chi connectivity index (χ4n) is 3.44. The highest BCUT2D eigenvalue weighted by Gasteiger charge is 2.21. The summed E-state index contributed by atoms with van der Waals surface area (Å²) in [7, 11) is 1.60. The topological polar surface area (TPSA) is 114 Å². The normalized spacial score (nSPS) is 10.7. The molecule has 0 aliphatic rings. The molecule has 0 spiro atoms. The molecule has 0 aliphatic heterocycles. The molecule has 33 heavy (non-hydrogen) atoms. The summed E-state index contributed by atoms with van der Waals surface area (Å²) in [6, 6.07) is 18.3. The summed E-state index contributed by atoms with van der Waals surface area (Å²) in [6.07, 6.45) is 0. The van der Waals surface area contributed by atoms with Crippen LogP contribution < -0.4 is 10.2 Å². The van der Waals surface area contributed by atoms with Crippen LogP contribution in [0.3, 0.4) is 0 Å². The Kier molecular flexibility index (Phi) is 5.86. The Bertz CT molecular complexity index is 1440. The molecule has 1 aromatic heterocycles. The van der Waals surface area contributed by atoms with Crippen LogP contribution in [0, 0.1) is 17.0 Å². The average Bonchev–Trinajstić information content (AvgIpc) is 2.82. The van der Waals surface area contributed by atoms with Gasteiger partial charge in [-0.05, 0) is 47.5 Å². The first-order chi connectivity index (χ1) is 15.9. The van der Waals surface area contributed by atoms with Crippen LogP contribution in [0.25, 0.3) is 16.5 Å². The summed E-state index contributed by atoms with van der Waals surface area (Å²) >= 11 is 0. The SMILES string of the molecule is COc1ccc2cc(COC(=O)c3nn(-c4ccccc4[N+](=O)[O-])c(C)cc3=O)ccc2c1. The minimum atomic E-state index is -0.915. The van der Waals surface area contributed by atoms with E-state index in [1.54, 1.807) is 20.1 Å². The molecule has 0 N–H and O–H groups in total. The van der Waals surface area contributed by atoms with Gasteiger partial charge in [0, 0.05) is 17.8 Å². The second-order valence-corrected chi connectivity index (χ2v) is 7.28. The van der Waals surface area contributed by atoms with Gasteiger partial charge in [-0.15, -0.1) is 0 Å². The molecule has 0 bridgehead atoms. The molecule has 166 valence electrons. The first-order valence-electron chi connectivity index (χ1n) is 9.96. The van der Waals surface area contributed by atoms with Crippen LogP contribution in [0.2, 0.25) is 0 Å². The van der Waals surface area contributed by atoms with Gasteiger partial charge in [0.2, 0.25) is 11.1 Å². The van der Waals surface area contributed by atoms with E-state index in [0.29, 0.717) is 5.69 Å². The molecule has 0 saturated carbocycles. The van der Waals surface area contributed by atoms with Crippen molar-refractivity contribution in [1.82, 2.24) is 9.78 Å². The zero-order valence-corrected chi connectivity index (χ0v) is 17.8. The molecule has 0 amide bonds. The van der Waals surface area contributed by atoms with Gasteiger partial charge in [0.1, 0.15) is 18.0 Å². The van der Waals surface area contributed by atoms with E-state index in [1.165, 1.54) is 28.9 Å². The quantitative estimate of drug-likeness (QED) is 0.251. The van der Waals surface area contributed by atoms with Crippen molar-refractivity contribution < 1.29 is 19.2 Å². The number of hydrogen-bond donors (Lipinski definition) is 0. The number of nitrogens with zero attached hydrogens (tertiary/aromatic N) is 3. The van der Waals surface area contributed by atoms with Crippen LogP contribution in [0.5, 0.6) is 5.75 Å². The fourth-order valence-corrected chi connectivity index (χ4v) is 3.44. The van der Waals surface area contributed by atoms with Crippen molar-refractivity contribution >= 4 is 22.4 Å². The van der Waals surface area contributed by atoms with Crippen LogP contribution in [-0.2, 0) is 11.3 Å². The average molecular weight is 445 g/mol. The van der Waals surface area contributed by atoms with E-state index < -0.39 is 22.0 Å². The number of carbonyl (C=O) groups excluding carboxylic acids is 1. The smallest absolute Gasteiger partial charge is 0.363 e. The Morgan fingerprint density at radius 3 is 2.55 bits per heavy atom. The molecule has 1 heterocycles. The van der Waals surface area contributed by atoms with Crippen LogP contribution in [-0.4, -0.2) is 27.8 Å². The summed E-state index contributed by atoms with van der Waals surface area (Å²) in [5, 5.41) is 17.4. The van der Waals surface area contributed by atoms with Crippen LogP contribution in [0.15, 0.2) is 71.5 Å². The monoisotopic (exact) mass is 445 g/mol. The molecule has 0 fully saturated rings. The van der Waals surface area contributed by atoms with E-state index in [-0.39, 0.29) is 18.0 Å². The number of benzene rings is 3. The van der Waals surface area contributed by atoms with E-state index in [0.717, 1.165) is 22.1 Å². The first kappa shape index (κ1) is 21.7. The van der Waals surface area contributed by atoms with Gasteiger partial charge in [0.15, 0.2) is 0 Å². The second-order valence-electron chi connectivity index (χ2n) is 7.28. The number of hydrogen-bond acceptors (Lipinski definition) is 7. The lowest BCUT2D eigenvalue weighted by Gasteiger charge is -2.11. The number of aryl methyl sites for hydroxylation is 1. The van der Waals surface area contributed by atoms with E-state index >= 15 is 0 Å². The molecule has 4 rings (SSSR count). The molecule has 0 unspecified atom stereocenters. The number of nitro groups is 1. The number of methoxy groups -OCH3 is 1. The standard InChI is InChI=1S/C24H19N3O6/c1-15-11-22(28)23(25-26(15)20-5-3-4-6-21(20)27(30)31)24(29)33-14-16-7-8-18-13-19(32-2)10-9-17(18)12-16/h3-13H,14H2,1-2H3. The number of carbonyl (C=O) groups is 1. The van der Waals surface area contributed by atoms with Crippen molar-refractivity contribution in [3.05, 3.63) is 104 Å². The third-order valence-corrected chi connectivity index (χ3v) is 5.09. The number of nitro benzene ring substituents is 1. The van der Waals surface area contributed by atoms with Crippen molar-refractivity contribution in [1.29, 1.82) is 0 Å². The summed E-state index contributed by atoms with van der Waals surface area (Å²) in [6.45, 7) is 1.51. The van der Waals surface area contributed by atoms with E-state index in [4.69, 9.17) is 9.47 Å². The molecule has 4 aromatic rings. The Morgan fingerprint density at radius 2 is 1.79 bits per heavy atom. The minimum absolute atomic E-state index is 0.0682. The lowest BCUT2D eigenvalue weighted by molar-refractivity contribution is -0.384. The third-order valence-electron chi connectivity index (χ3n) is 5.09. The molecule has 0 atom stereocenters. The molecule has 0 saturated heterocycles. The Morgan fingerprint density at radius 1 is 1.06 bits per heavy atom. The highest BCUT2D eigenvalue weighted by molar-refractivity contribution is 5.87. The van der Waals surface area contributed by atoms with Gasteiger partial charge in [-0.25, -0.2) is 9.48 Å². The maximum Gasteiger partial charge on any atom is 0.363 e. The van der Waals surface area contributed by atoms with E-state index in [2.05, 4.69) is 5.10 Å². The Balaban J connectivity index is 1.60. The third kappa shape index (κ3) is 4.42. The van der Waals surface area contributed by atoms with Crippen molar-refractivity contribution in [3.63, 3.8) is 0 Å². The van der Waals surface area contributed by atoms with Crippen molar-refractivity contribution in [2.75, 3.05) is 7.11 Å². The number of esters is 1. The molecule has 0 aliphatic carbocycles. The van der Waals surface area contributed by atoms with Crippen LogP contribution in [0.1, 0.15) is 21.7 Å². The van der Waals surface area contributed by atoms with Crippen molar-refractivity contribution in [2.24, 2.45) is 0 Å². The molecule has 0 radical (unpaired) electrons. The zero-order valence-electron chi connectivity index (χ0n) is 17.8. The molecule has 3 aromatic carbocycles. The molecule has 9 nitrogen and oxygen atoms in total. The molecular formula is C24H19N3O6. The van der Waals surface area contributed by atoms with Gasteiger partial charge in [-0.1, -0.05) is 30.3 Å². The van der Waals surface area contributed by atoms with Crippen molar-refractivity contribution in [2.45, 2.75) is 13.5 Å². The maximum absolute atomic E-state index is 12.7. The number of para-hydroxylation sites is 2. The lowest BCUT2D eigenvalue weighted by atomic mass is 10.1. The highest BCUT2D eigenvalue weighted by atomic mass is 16.6. The van der Waals surface area contributed by atoms with E-state index in [9.17, 15) is 19.7 Å². The molecule has 9 heteroatoms. The second kappa shape index (κ2) is 8.91. The van der Waals surface area contributed by atoms with Crippen molar-refractivity contribution in [3.8, 4) is 11.4 Å². The maximum atomic E-state index is 12.7. The van der Waals surface area contributed by atoms with Gasteiger partial charge in [-0.2, -0.15) is 5.10 Å². The zero-order chi connectivity index (χ0) is 23.5. The summed E-state index contributed by atoms with van der Waals surface area (Å²) in [4.78, 5) is 35.9. The van der Waals surface area contributed by atoms with Crippen LogP contribution >= 0.6 is 0 Å². The molecular weight excluding hydrogens is 426 g/mol. The van der Waals surface area contributed by atoms with E-state index in [1.807, 2.05) is 36.4 Å². The Labute approximate surface area is 188 Å². The predicted molar refractivity (Wildman–Crippen MR) is 121 cm³/mol. The predicted octanol–water partition coefficient (Wildman–Crippen LogP) is 3.97. The van der Waals surface area contributed by atoms with Gasteiger partial charge in [0.25, 0.3) is 5.69 Å². The van der Waals surface area contributed by atoms with Gasteiger partial charge < -0.3 is 9.47 Å². The minimum Gasteiger partial charge on any atom is -0.497 e. The van der Waals surface area contributed by atoms with Crippen LogP contribution in [0.4, 0.5) is 5.69 Å². The first-order valence-corrected chi connectivity index (χ1v) is 9.96. The Hall–Kier alpha value is -4.53. The van der Waals surface area contributed by atoms with Gasteiger partial charge in [0.05, 0.1) is 12.0 Å². The summed E-state index contributed by atoms with van der Waals surface area (Å²) < 4.78 is 11.7. The number of aromatic nitrogens is 2.